The van der Waals surface area contributed by atoms with E-state index in [0.29, 0.717) is 11.6 Å². The van der Waals surface area contributed by atoms with E-state index in [1.807, 2.05) is 27.7 Å². The molecule has 2 aromatic heterocycles. The molecule has 6 nitrogen and oxygen atoms in total. The minimum atomic E-state index is -3.59. The lowest BCUT2D eigenvalue weighted by atomic mass is 10.1. The standard InChI is InChI=1S/C16H23N3O3S/c1-11(2)14-9-17-16(19(14)12(3)4)23(20,21)10-13-7-6-8-15(18-13)22-5/h6-9,11-12H,10H2,1-5H3. The van der Waals surface area contributed by atoms with Gasteiger partial charge in [-0.2, -0.15) is 0 Å². The third kappa shape index (κ3) is 3.72. The number of pyridine rings is 1. The molecule has 0 aliphatic carbocycles. The summed E-state index contributed by atoms with van der Waals surface area (Å²) in [6.07, 6.45) is 1.65. The van der Waals surface area contributed by atoms with Gasteiger partial charge in [-0.1, -0.05) is 19.9 Å². The van der Waals surface area contributed by atoms with Crippen molar-refractivity contribution in [1.82, 2.24) is 14.5 Å². The second kappa shape index (κ2) is 6.70. The molecule has 0 aliphatic rings. The fourth-order valence-electron chi connectivity index (χ4n) is 2.44. The predicted molar refractivity (Wildman–Crippen MR) is 88.4 cm³/mol. The number of hydrogen-bond donors (Lipinski definition) is 0. The number of rotatable bonds is 6. The maximum atomic E-state index is 12.8. The molecule has 126 valence electrons. The average molecular weight is 337 g/mol. The average Bonchev–Trinajstić information content (AvgIpc) is 2.93. The summed E-state index contributed by atoms with van der Waals surface area (Å²) in [5.41, 5.74) is 1.35. The predicted octanol–water partition coefficient (Wildman–Crippen LogP) is 2.96. The number of hydrogen-bond acceptors (Lipinski definition) is 5. The lowest BCUT2D eigenvalue weighted by Gasteiger charge is -2.17. The summed E-state index contributed by atoms with van der Waals surface area (Å²) >= 11 is 0. The van der Waals surface area contributed by atoms with Crippen LogP contribution in [-0.2, 0) is 15.6 Å². The summed E-state index contributed by atoms with van der Waals surface area (Å²) in [5, 5.41) is 0.0980. The molecule has 2 rings (SSSR count). The minimum absolute atomic E-state index is 0.0120. The van der Waals surface area contributed by atoms with E-state index in [2.05, 4.69) is 9.97 Å². The number of sulfone groups is 1. The second-order valence-electron chi connectivity index (χ2n) is 6.01. The van der Waals surface area contributed by atoms with Gasteiger partial charge in [-0.05, 0) is 25.8 Å². The summed E-state index contributed by atoms with van der Waals surface area (Å²) in [6.45, 7) is 7.96. The molecule has 2 heterocycles. The lowest BCUT2D eigenvalue weighted by molar-refractivity contribution is 0.396. The molecule has 0 aromatic carbocycles. The highest BCUT2D eigenvalue weighted by Crippen LogP contribution is 2.25. The summed E-state index contributed by atoms with van der Waals surface area (Å²) in [6, 6.07) is 5.09. The van der Waals surface area contributed by atoms with E-state index >= 15 is 0 Å². The lowest BCUT2D eigenvalue weighted by Crippen LogP contribution is -2.17. The Kier molecular flexibility index (Phi) is 5.09. The molecule has 7 heteroatoms. The maximum Gasteiger partial charge on any atom is 0.228 e. The van der Waals surface area contributed by atoms with Gasteiger partial charge in [0.05, 0.1) is 12.8 Å². The van der Waals surface area contributed by atoms with Crippen molar-refractivity contribution < 1.29 is 13.2 Å². The van der Waals surface area contributed by atoms with Crippen molar-refractivity contribution in [3.8, 4) is 5.88 Å². The molecule has 0 saturated heterocycles. The molecule has 0 N–H and O–H groups in total. The highest BCUT2D eigenvalue weighted by atomic mass is 32.2. The van der Waals surface area contributed by atoms with Gasteiger partial charge in [0.25, 0.3) is 0 Å². The Morgan fingerprint density at radius 3 is 2.48 bits per heavy atom. The van der Waals surface area contributed by atoms with Crippen LogP contribution in [0.2, 0.25) is 0 Å². The first kappa shape index (κ1) is 17.5. The van der Waals surface area contributed by atoms with Crippen LogP contribution in [0.25, 0.3) is 0 Å². The van der Waals surface area contributed by atoms with Gasteiger partial charge in [0.2, 0.25) is 20.9 Å². The van der Waals surface area contributed by atoms with Crippen LogP contribution in [0.5, 0.6) is 5.88 Å². The maximum absolute atomic E-state index is 12.8. The van der Waals surface area contributed by atoms with Crippen molar-refractivity contribution in [2.24, 2.45) is 0 Å². The quantitative estimate of drug-likeness (QED) is 0.810. The Morgan fingerprint density at radius 2 is 1.91 bits per heavy atom. The normalized spacial score (nSPS) is 12.1. The van der Waals surface area contributed by atoms with E-state index in [1.54, 1.807) is 29.0 Å². The van der Waals surface area contributed by atoms with Gasteiger partial charge in [0.1, 0.15) is 5.75 Å². The molecular formula is C16H23N3O3S. The van der Waals surface area contributed by atoms with Crippen LogP contribution in [0.15, 0.2) is 29.6 Å². The summed E-state index contributed by atoms with van der Waals surface area (Å²) in [4.78, 5) is 8.36. The van der Waals surface area contributed by atoms with Crippen LogP contribution in [-0.4, -0.2) is 30.1 Å². The van der Waals surface area contributed by atoms with Crippen LogP contribution in [0.4, 0.5) is 0 Å². The number of ether oxygens (including phenoxy) is 1. The molecule has 2 aromatic rings. The summed E-state index contributed by atoms with van der Waals surface area (Å²) < 4.78 is 32.4. The third-order valence-corrected chi connectivity index (χ3v) is 5.04. The van der Waals surface area contributed by atoms with Gasteiger partial charge in [-0.25, -0.2) is 18.4 Å². The van der Waals surface area contributed by atoms with Gasteiger partial charge in [-0.3, -0.25) is 0 Å². The number of imidazole rings is 1. The zero-order valence-electron chi connectivity index (χ0n) is 14.1. The van der Waals surface area contributed by atoms with Crippen molar-refractivity contribution in [3.63, 3.8) is 0 Å². The van der Waals surface area contributed by atoms with Crippen molar-refractivity contribution in [3.05, 3.63) is 35.8 Å². The van der Waals surface area contributed by atoms with E-state index in [0.717, 1.165) is 5.69 Å². The molecule has 0 spiro atoms. The Morgan fingerprint density at radius 1 is 1.22 bits per heavy atom. The first-order chi connectivity index (χ1) is 10.8. The van der Waals surface area contributed by atoms with Crippen molar-refractivity contribution in [1.29, 1.82) is 0 Å². The fourth-order valence-corrected chi connectivity index (χ4v) is 3.95. The van der Waals surface area contributed by atoms with Crippen molar-refractivity contribution in [2.75, 3.05) is 7.11 Å². The number of nitrogens with zero attached hydrogens (tertiary/aromatic N) is 3. The summed E-state index contributed by atoms with van der Waals surface area (Å²) in [7, 11) is -2.09. The first-order valence-corrected chi connectivity index (χ1v) is 9.21. The van der Waals surface area contributed by atoms with Gasteiger partial charge in [0.15, 0.2) is 0 Å². The zero-order valence-corrected chi connectivity index (χ0v) is 15.0. The second-order valence-corrected chi connectivity index (χ2v) is 7.90. The van der Waals surface area contributed by atoms with Gasteiger partial charge >= 0.3 is 0 Å². The van der Waals surface area contributed by atoms with E-state index in [1.165, 1.54) is 7.11 Å². The molecule has 0 unspecified atom stereocenters. The van der Waals surface area contributed by atoms with Crippen LogP contribution in [0, 0.1) is 0 Å². The monoisotopic (exact) mass is 337 g/mol. The highest BCUT2D eigenvalue weighted by Gasteiger charge is 2.26. The SMILES string of the molecule is COc1cccc(CS(=O)(=O)c2ncc(C(C)C)n2C(C)C)n1. The van der Waals surface area contributed by atoms with Crippen LogP contribution in [0.1, 0.15) is 51.0 Å². The molecule has 0 bridgehead atoms. The van der Waals surface area contributed by atoms with Gasteiger partial charge < -0.3 is 9.30 Å². The van der Waals surface area contributed by atoms with Gasteiger partial charge in [-0.15, -0.1) is 0 Å². The molecule has 0 fully saturated rings. The minimum Gasteiger partial charge on any atom is -0.481 e. The Hall–Kier alpha value is -1.89. The molecular weight excluding hydrogens is 314 g/mol. The van der Waals surface area contributed by atoms with Crippen molar-refractivity contribution in [2.45, 2.75) is 50.6 Å². The van der Waals surface area contributed by atoms with E-state index in [4.69, 9.17) is 4.74 Å². The van der Waals surface area contributed by atoms with Crippen molar-refractivity contribution >= 4 is 9.84 Å². The number of aromatic nitrogens is 3. The van der Waals surface area contributed by atoms with Gasteiger partial charge in [0, 0.05) is 24.0 Å². The Labute approximate surface area is 137 Å². The molecule has 23 heavy (non-hydrogen) atoms. The van der Waals surface area contributed by atoms with Crippen LogP contribution >= 0.6 is 0 Å². The Bertz CT molecular complexity index is 780. The summed E-state index contributed by atoms with van der Waals surface area (Å²) in [5.74, 6) is 0.391. The van der Waals surface area contributed by atoms with E-state index < -0.39 is 9.84 Å². The molecule has 0 aliphatic heterocycles. The highest BCUT2D eigenvalue weighted by molar-refractivity contribution is 7.90. The molecule has 0 atom stereocenters. The molecule has 0 amide bonds. The van der Waals surface area contributed by atoms with E-state index in [-0.39, 0.29) is 22.9 Å². The number of methoxy groups -OCH3 is 1. The largest absolute Gasteiger partial charge is 0.481 e. The molecule has 0 saturated carbocycles. The Balaban J connectivity index is 2.43. The van der Waals surface area contributed by atoms with E-state index in [9.17, 15) is 8.42 Å². The zero-order chi connectivity index (χ0) is 17.2. The van der Waals surface area contributed by atoms with Crippen LogP contribution < -0.4 is 4.74 Å². The van der Waals surface area contributed by atoms with Crippen LogP contribution in [0.3, 0.4) is 0 Å². The molecule has 0 radical (unpaired) electrons. The smallest absolute Gasteiger partial charge is 0.228 e. The topological polar surface area (TPSA) is 74.1 Å². The first-order valence-electron chi connectivity index (χ1n) is 7.56. The fraction of sp³-hybridized carbons (Fsp3) is 0.500. The third-order valence-electron chi connectivity index (χ3n) is 3.51.